The second-order valence-corrected chi connectivity index (χ2v) is 6.08. The van der Waals surface area contributed by atoms with Crippen molar-refractivity contribution in [2.75, 3.05) is 5.75 Å². The summed E-state index contributed by atoms with van der Waals surface area (Å²) in [6.45, 7) is 5.85. The molecule has 0 unspecified atom stereocenters. The molecule has 6 heteroatoms. The van der Waals surface area contributed by atoms with Gasteiger partial charge in [0, 0.05) is 0 Å². The minimum Gasteiger partial charge on any atom is -0.481 e. The first-order valence-electron chi connectivity index (χ1n) is 6.59. The second-order valence-electron chi connectivity index (χ2n) is 5.09. The molecular formula is C15H17FN2O2S. The molecular weight excluding hydrogens is 291 g/mol. The van der Waals surface area contributed by atoms with Gasteiger partial charge in [-0.15, -0.1) is 0 Å². The van der Waals surface area contributed by atoms with Gasteiger partial charge in [0.05, 0.1) is 17.1 Å². The van der Waals surface area contributed by atoms with Crippen LogP contribution in [-0.2, 0) is 4.79 Å². The van der Waals surface area contributed by atoms with Crippen LogP contribution in [0.15, 0.2) is 29.3 Å². The van der Waals surface area contributed by atoms with Gasteiger partial charge in [-0.3, -0.25) is 4.79 Å². The summed E-state index contributed by atoms with van der Waals surface area (Å²) in [7, 11) is 0. The third-order valence-electron chi connectivity index (χ3n) is 3.02. The Bertz CT molecular complexity index is 668. The molecule has 0 aliphatic rings. The van der Waals surface area contributed by atoms with Gasteiger partial charge in [-0.05, 0) is 42.7 Å². The topological polar surface area (TPSA) is 55.1 Å². The average Bonchev–Trinajstić information content (AvgIpc) is 2.80. The van der Waals surface area contributed by atoms with Crippen molar-refractivity contribution in [3.05, 3.63) is 41.3 Å². The minimum atomic E-state index is -0.880. The molecule has 0 aliphatic heterocycles. The van der Waals surface area contributed by atoms with Crippen LogP contribution >= 0.6 is 11.8 Å². The standard InChI is InChI=1S/C15H17FN2O2S/c1-9(2)12-7-14(21-8-15(19)20)18(17-12)13-5-4-11(16)6-10(13)3/h4-7,9H,8H2,1-3H3,(H,19,20). The largest absolute Gasteiger partial charge is 0.481 e. The molecule has 0 spiro atoms. The SMILES string of the molecule is Cc1cc(F)ccc1-n1nc(C(C)C)cc1SCC(=O)O. The van der Waals surface area contributed by atoms with Crippen molar-refractivity contribution in [3.63, 3.8) is 0 Å². The van der Waals surface area contributed by atoms with Crippen molar-refractivity contribution < 1.29 is 14.3 Å². The van der Waals surface area contributed by atoms with Crippen LogP contribution < -0.4 is 0 Å². The van der Waals surface area contributed by atoms with Gasteiger partial charge >= 0.3 is 5.97 Å². The first-order valence-corrected chi connectivity index (χ1v) is 7.58. The fraction of sp³-hybridized carbons (Fsp3) is 0.333. The Labute approximate surface area is 127 Å². The molecule has 0 aliphatic carbocycles. The normalized spacial score (nSPS) is 11.1. The van der Waals surface area contributed by atoms with E-state index >= 15 is 0 Å². The zero-order valence-corrected chi connectivity index (χ0v) is 12.9. The van der Waals surface area contributed by atoms with E-state index in [1.807, 2.05) is 19.9 Å². The molecule has 112 valence electrons. The number of carbonyl (C=O) groups is 1. The Kier molecular flexibility index (Phi) is 4.67. The predicted octanol–water partition coefficient (Wildman–Crippen LogP) is 3.62. The third-order valence-corrected chi connectivity index (χ3v) is 4.00. The number of rotatable bonds is 5. The number of halogens is 1. The molecule has 1 N–H and O–H groups in total. The van der Waals surface area contributed by atoms with E-state index in [-0.39, 0.29) is 17.5 Å². The number of hydrogen-bond donors (Lipinski definition) is 1. The van der Waals surface area contributed by atoms with Crippen molar-refractivity contribution in [2.24, 2.45) is 0 Å². The summed E-state index contributed by atoms with van der Waals surface area (Å²) in [5.74, 6) is -0.984. The average molecular weight is 308 g/mol. The lowest BCUT2D eigenvalue weighted by molar-refractivity contribution is -0.133. The number of aromatic nitrogens is 2. The van der Waals surface area contributed by atoms with Crippen LogP contribution in [0.3, 0.4) is 0 Å². The molecule has 1 aromatic carbocycles. The highest BCUT2D eigenvalue weighted by Crippen LogP contribution is 2.27. The molecule has 1 aromatic heterocycles. The maximum atomic E-state index is 13.2. The number of nitrogens with zero attached hydrogens (tertiary/aromatic N) is 2. The van der Waals surface area contributed by atoms with Gasteiger partial charge in [-0.1, -0.05) is 25.6 Å². The summed E-state index contributed by atoms with van der Waals surface area (Å²) in [5, 5.41) is 14.1. The van der Waals surface area contributed by atoms with Gasteiger partial charge in [0.2, 0.25) is 0 Å². The number of carboxylic acid groups (broad SMARTS) is 1. The Morgan fingerprint density at radius 2 is 2.14 bits per heavy atom. The first kappa shape index (κ1) is 15.6. The quantitative estimate of drug-likeness (QED) is 0.857. The minimum absolute atomic E-state index is 0.0382. The summed E-state index contributed by atoms with van der Waals surface area (Å²) in [4.78, 5) is 10.8. The van der Waals surface area contributed by atoms with E-state index in [1.165, 1.54) is 23.9 Å². The molecule has 0 amide bonds. The molecule has 0 saturated heterocycles. The van der Waals surface area contributed by atoms with E-state index in [4.69, 9.17) is 5.11 Å². The van der Waals surface area contributed by atoms with Crippen molar-refractivity contribution in [1.82, 2.24) is 9.78 Å². The highest BCUT2D eigenvalue weighted by molar-refractivity contribution is 7.99. The lowest BCUT2D eigenvalue weighted by Crippen LogP contribution is -2.04. The highest BCUT2D eigenvalue weighted by atomic mass is 32.2. The maximum Gasteiger partial charge on any atom is 0.313 e. The smallest absolute Gasteiger partial charge is 0.313 e. The molecule has 0 fully saturated rings. The molecule has 2 rings (SSSR count). The van der Waals surface area contributed by atoms with Gasteiger partial charge < -0.3 is 5.11 Å². The van der Waals surface area contributed by atoms with Crippen LogP contribution in [0.25, 0.3) is 5.69 Å². The molecule has 0 saturated carbocycles. The molecule has 0 atom stereocenters. The fourth-order valence-corrected chi connectivity index (χ4v) is 2.67. The van der Waals surface area contributed by atoms with Crippen LogP contribution in [0.5, 0.6) is 0 Å². The van der Waals surface area contributed by atoms with Crippen molar-refractivity contribution in [3.8, 4) is 5.69 Å². The molecule has 0 bridgehead atoms. The van der Waals surface area contributed by atoms with Crippen LogP contribution in [0.1, 0.15) is 31.0 Å². The number of benzene rings is 1. The molecule has 1 heterocycles. The summed E-state index contributed by atoms with van der Waals surface area (Å²) < 4.78 is 14.9. The Balaban J connectivity index is 2.46. The van der Waals surface area contributed by atoms with Crippen LogP contribution in [-0.4, -0.2) is 26.6 Å². The summed E-state index contributed by atoms with van der Waals surface area (Å²) in [5.41, 5.74) is 2.40. The highest BCUT2D eigenvalue weighted by Gasteiger charge is 2.15. The van der Waals surface area contributed by atoms with E-state index in [2.05, 4.69) is 5.10 Å². The van der Waals surface area contributed by atoms with Crippen LogP contribution in [0, 0.1) is 12.7 Å². The van der Waals surface area contributed by atoms with E-state index < -0.39 is 5.97 Å². The van der Waals surface area contributed by atoms with E-state index in [9.17, 15) is 9.18 Å². The number of aryl methyl sites for hydroxylation is 1. The van der Waals surface area contributed by atoms with E-state index in [1.54, 1.807) is 17.7 Å². The Morgan fingerprint density at radius 1 is 1.43 bits per heavy atom. The van der Waals surface area contributed by atoms with Gasteiger partial charge in [0.15, 0.2) is 0 Å². The second kappa shape index (κ2) is 6.30. The number of hydrogen-bond acceptors (Lipinski definition) is 3. The fourth-order valence-electron chi connectivity index (χ4n) is 1.93. The Hall–Kier alpha value is -1.82. The van der Waals surface area contributed by atoms with E-state index in [0.717, 1.165) is 22.0 Å². The molecule has 0 radical (unpaired) electrons. The zero-order chi connectivity index (χ0) is 15.6. The van der Waals surface area contributed by atoms with Crippen molar-refractivity contribution in [2.45, 2.75) is 31.7 Å². The van der Waals surface area contributed by atoms with Crippen LogP contribution in [0.2, 0.25) is 0 Å². The van der Waals surface area contributed by atoms with Gasteiger partial charge in [0.25, 0.3) is 0 Å². The van der Waals surface area contributed by atoms with Gasteiger partial charge in [0.1, 0.15) is 10.8 Å². The number of aliphatic carboxylic acids is 1. The monoisotopic (exact) mass is 308 g/mol. The van der Waals surface area contributed by atoms with Gasteiger partial charge in [-0.2, -0.15) is 5.10 Å². The lowest BCUT2D eigenvalue weighted by Gasteiger charge is -2.09. The maximum absolute atomic E-state index is 13.2. The first-order chi connectivity index (χ1) is 9.88. The third kappa shape index (κ3) is 3.64. The van der Waals surface area contributed by atoms with Crippen molar-refractivity contribution in [1.29, 1.82) is 0 Å². The summed E-state index contributed by atoms with van der Waals surface area (Å²) in [6, 6.07) is 6.37. The predicted molar refractivity (Wildman–Crippen MR) is 80.7 cm³/mol. The zero-order valence-electron chi connectivity index (χ0n) is 12.1. The molecule has 2 aromatic rings. The van der Waals surface area contributed by atoms with Crippen molar-refractivity contribution >= 4 is 17.7 Å². The number of carboxylic acids is 1. The van der Waals surface area contributed by atoms with Gasteiger partial charge in [-0.25, -0.2) is 9.07 Å². The lowest BCUT2D eigenvalue weighted by atomic mass is 10.1. The van der Waals surface area contributed by atoms with Crippen LogP contribution in [0.4, 0.5) is 4.39 Å². The molecule has 21 heavy (non-hydrogen) atoms. The summed E-state index contributed by atoms with van der Waals surface area (Å²) >= 11 is 1.21. The molecule has 4 nitrogen and oxygen atoms in total. The Morgan fingerprint density at radius 3 is 2.71 bits per heavy atom. The van der Waals surface area contributed by atoms with E-state index in [0.29, 0.717) is 0 Å². The summed E-state index contributed by atoms with van der Waals surface area (Å²) in [6.07, 6.45) is 0. The number of thioether (sulfide) groups is 1.